The molecule has 2 rings (SSSR count). The van der Waals surface area contributed by atoms with E-state index in [0.29, 0.717) is 0 Å². The summed E-state index contributed by atoms with van der Waals surface area (Å²) in [6, 6.07) is 16.0. The van der Waals surface area contributed by atoms with E-state index in [4.69, 9.17) is 4.74 Å². The van der Waals surface area contributed by atoms with Crippen LogP contribution < -0.4 is 10.1 Å². The van der Waals surface area contributed by atoms with E-state index in [1.807, 2.05) is 36.4 Å². The Balaban J connectivity index is 2.05. The molecular weight excluding hydrogens is 302 g/mol. The first kappa shape index (κ1) is 14.1. The van der Waals surface area contributed by atoms with Gasteiger partial charge in [-0.2, -0.15) is 0 Å². The van der Waals surface area contributed by atoms with Crippen molar-refractivity contribution in [3.63, 3.8) is 0 Å². The smallest absolute Gasteiger partial charge is 0.141 e. The predicted octanol–water partition coefficient (Wildman–Crippen LogP) is 4.74. The van der Waals surface area contributed by atoms with E-state index in [9.17, 15) is 0 Å². The van der Waals surface area contributed by atoms with Crippen LogP contribution in [0.1, 0.15) is 18.9 Å². The van der Waals surface area contributed by atoms with Gasteiger partial charge in [-0.05, 0) is 58.7 Å². The average molecular weight is 320 g/mol. The second-order valence-electron chi connectivity index (χ2n) is 4.36. The van der Waals surface area contributed by atoms with Crippen molar-refractivity contribution in [1.29, 1.82) is 0 Å². The van der Waals surface area contributed by atoms with Crippen molar-refractivity contribution in [2.45, 2.75) is 19.9 Å². The van der Waals surface area contributed by atoms with E-state index in [1.54, 1.807) is 0 Å². The number of hydrogen-bond acceptors (Lipinski definition) is 2. The van der Waals surface area contributed by atoms with Gasteiger partial charge in [0, 0.05) is 6.54 Å². The summed E-state index contributed by atoms with van der Waals surface area (Å²) in [5.41, 5.74) is 1.23. The highest BCUT2D eigenvalue weighted by atomic mass is 79.9. The van der Waals surface area contributed by atoms with Crippen LogP contribution in [0.15, 0.2) is 53.0 Å². The van der Waals surface area contributed by atoms with Crippen molar-refractivity contribution in [3.05, 3.63) is 58.6 Å². The van der Waals surface area contributed by atoms with Crippen LogP contribution in [0.4, 0.5) is 0 Å². The molecule has 19 heavy (non-hydrogen) atoms. The molecule has 2 aromatic rings. The lowest BCUT2D eigenvalue weighted by Crippen LogP contribution is -2.13. The highest BCUT2D eigenvalue weighted by Crippen LogP contribution is 2.29. The van der Waals surface area contributed by atoms with Crippen molar-refractivity contribution < 1.29 is 4.74 Å². The molecule has 0 fully saturated rings. The molecule has 0 unspecified atom stereocenters. The molecule has 0 radical (unpaired) electrons. The van der Waals surface area contributed by atoms with Gasteiger partial charge >= 0.3 is 0 Å². The third-order valence-corrected chi connectivity index (χ3v) is 3.37. The molecule has 0 aromatic heterocycles. The Morgan fingerprint density at radius 3 is 2.74 bits per heavy atom. The minimum absolute atomic E-state index is 0.834. The van der Waals surface area contributed by atoms with Crippen molar-refractivity contribution in [2.75, 3.05) is 6.54 Å². The molecule has 0 saturated heterocycles. The third kappa shape index (κ3) is 4.37. The lowest BCUT2D eigenvalue weighted by molar-refractivity contribution is 0.478. The third-order valence-electron chi connectivity index (χ3n) is 2.72. The quantitative estimate of drug-likeness (QED) is 0.776. The van der Waals surface area contributed by atoms with Crippen molar-refractivity contribution in [2.24, 2.45) is 0 Å². The summed E-state index contributed by atoms with van der Waals surface area (Å²) < 4.78 is 6.84. The molecule has 0 amide bonds. The Labute approximate surface area is 122 Å². The molecule has 2 nitrogen and oxygen atoms in total. The van der Waals surface area contributed by atoms with Crippen LogP contribution in [0.2, 0.25) is 0 Å². The highest BCUT2D eigenvalue weighted by molar-refractivity contribution is 9.10. The largest absolute Gasteiger partial charge is 0.456 e. The second kappa shape index (κ2) is 7.31. The Bertz CT molecular complexity index is 528. The maximum absolute atomic E-state index is 5.88. The summed E-state index contributed by atoms with van der Waals surface area (Å²) in [6.45, 7) is 4.08. The summed E-state index contributed by atoms with van der Waals surface area (Å²) >= 11 is 3.49. The van der Waals surface area contributed by atoms with Crippen molar-refractivity contribution in [1.82, 2.24) is 5.32 Å². The number of ether oxygens (including phenoxy) is 1. The second-order valence-corrected chi connectivity index (χ2v) is 5.21. The maximum Gasteiger partial charge on any atom is 0.141 e. The zero-order chi connectivity index (χ0) is 13.5. The van der Waals surface area contributed by atoms with Gasteiger partial charge in [-0.15, -0.1) is 0 Å². The van der Waals surface area contributed by atoms with E-state index in [-0.39, 0.29) is 0 Å². The SMILES string of the molecule is CCCNCc1cccc(Oc2ccccc2Br)c1. The van der Waals surface area contributed by atoms with Gasteiger partial charge in [0.05, 0.1) is 4.47 Å². The average Bonchev–Trinajstić information content (AvgIpc) is 2.42. The zero-order valence-corrected chi connectivity index (χ0v) is 12.6. The standard InChI is InChI=1S/C16H18BrNO/c1-2-10-18-12-13-6-5-7-14(11-13)19-16-9-4-3-8-15(16)17/h3-9,11,18H,2,10,12H2,1H3. The van der Waals surface area contributed by atoms with Gasteiger partial charge in [0.1, 0.15) is 11.5 Å². The molecule has 0 atom stereocenters. The van der Waals surface area contributed by atoms with Gasteiger partial charge in [0.15, 0.2) is 0 Å². The van der Waals surface area contributed by atoms with E-state index in [2.05, 4.69) is 40.3 Å². The molecule has 0 spiro atoms. The molecule has 3 heteroatoms. The normalized spacial score (nSPS) is 10.4. The predicted molar refractivity (Wildman–Crippen MR) is 82.7 cm³/mol. The first-order chi connectivity index (χ1) is 9.29. The van der Waals surface area contributed by atoms with Gasteiger partial charge < -0.3 is 10.1 Å². The number of para-hydroxylation sites is 1. The first-order valence-corrected chi connectivity index (χ1v) is 7.31. The lowest BCUT2D eigenvalue weighted by atomic mass is 10.2. The number of halogens is 1. The topological polar surface area (TPSA) is 21.3 Å². The van der Waals surface area contributed by atoms with Crippen LogP contribution in [-0.2, 0) is 6.54 Å². The fourth-order valence-electron chi connectivity index (χ4n) is 1.78. The molecule has 100 valence electrons. The summed E-state index contributed by atoms with van der Waals surface area (Å²) in [4.78, 5) is 0. The first-order valence-electron chi connectivity index (χ1n) is 6.51. The molecule has 0 bridgehead atoms. The number of rotatable bonds is 6. The molecule has 0 aliphatic rings. The monoisotopic (exact) mass is 319 g/mol. The minimum Gasteiger partial charge on any atom is -0.456 e. The van der Waals surface area contributed by atoms with E-state index >= 15 is 0 Å². The molecule has 0 heterocycles. The van der Waals surface area contributed by atoms with Gasteiger partial charge in [-0.3, -0.25) is 0 Å². The highest BCUT2D eigenvalue weighted by Gasteiger charge is 2.02. The van der Waals surface area contributed by atoms with Crippen LogP contribution in [0, 0.1) is 0 Å². The Kier molecular flexibility index (Phi) is 5.43. The van der Waals surface area contributed by atoms with Crippen LogP contribution >= 0.6 is 15.9 Å². The molecule has 0 aliphatic carbocycles. The van der Waals surface area contributed by atoms with Gasteiger partial charge in [-0.25, -0.2) is 0 Å². The fourth-order valence-corrected chi connectivity index (χ4v) is 2.15. The molecule has 1 N–H and O–H groups in total. The summed E-state index contributed by atoms with van der Waals surface area (Å²) in [5, 5.41) is 3.39. The van der Waals surface area contributed by atoms with Crippen LogP contribution in [0.25, 0.3) is 0 Å². The van der Waals surface area contributed by atoms with Crippen LogP contribution in [0.3, 0.4) is 0 Å². The van der Waals surface area contributed by atoms with Gasteiger partial charge in [0.2, 0.25) is 0 Å². The summed E-state index contributed by atoms with van der Waals surface area (Å²) in [5.74, 6) is 1.70. The Hall–Kier alpha value is -1.32. The number of hydrogen-bond donors (Lipinski definition) is 1. The van der Waals surface area contributed by atoms with E-state index in [1.165, 1.54) is 5.56 Å². The van der Waals surface area contributed by atoms with Crippen LogP contribution in [-0.4, -0.2) is 6.54 Å². The van der Waals surface area contributed by atoms with Gasteiger partial charge in [0.25, 0.3) is 0 Å². The van der Waals surface area contributed by atoms with E-state index in [0.717, 1.165) is 35.5 Å². The Morgan fingerprint density at radius 1 is 1.11 bits per heavy atom. The maximum atomic E-state index is 5.88. The van der Waals surface area contributed by atoms with Crippen molar-refractivity contribution >= 4 is 15.9 Å². The minimum atomic E-state index is 0.834. The summed E-state index contributed by atoms with van der Waals surface area (Å²) in [7, 11) is 0. The number of nitrogens with one attached hydrogen (secondary N) is 1. The molecule has 2 aromatic carbocycles. The van der Waals surface area contributed by atoms with Crippen molar-refractivity contribution in [3.8, 4) is 11.5 Å². The summed E-state index contributed by atoms with van der Waals surface area (Å²) in [6.07, 6.45) is 1.15. The Morgan fingerprint density at radius 2 is 1.95 bits per heavy atom. The molecule has 0 saturated carbocycles. The molecular formula is C16H18BrNO. The zero-order valence-electron chi connectivity index (χ0n) is 11.0. The van der Waals surface area contributed by atoms with E-state index < -0.39 is 0 Å². The number of benzene rings is 2. The lowest BCUT2D eigenvalue weighted by Gasteiger charge is -2.09. The fraction of sp³-hybridized carbons (Fsp3) is 0.250. The van der Waals surface area contributed by atoms with Gasteiger partial charge in [-0.1, -0.05) is 31.2 Å². The van der Waals surface area contributed by atoms with Crippen LogP contribution in [0.5, 0.6) is 11.5 Å². The molecule has 0 aliphatic heterocycles.